The first-order chi connectivity index (χ1) is 10.4. The molecule has 0 aromatic heterocycles. The molecule has 0 unspecified atom stereocenters. The summed E-state index contributed by atoms with van der Waals surface area (Å²) in [6.45, 7) is 0. The summed E-state index contributed by atoms with van der Waals surface area (Å²) in [6.07, 6.45) is 3.13. The lowest BCUT2D eigenvalue weighted by molar-refractivity contribution is 1.35. The summed E-state index contributed by atoms with van der Waals surface area (Å²) in [7, 11) is 0. The molecule has 101 valence electrons. The van der Waals surface area contributed by atoms with Crippen LogP contribution in [0, 0.1) is 0 Å². The topological polar surface area (TPSA) is 15.6 Å². The Kier molecular flexibility index (Phi) is 4.08. The molecule has 0 aliphatic carbocycles. The third kappa shape index (κ3) is 3.37. The summed E-state index contributed by atoms with van der Waals surface area (Å²) >= 11 is 0. The van der Waals surface area contributed by atoms with E-state index in [1.54, 1.807) is 0 Å². The number of rotatable bonds is 4. The summed E-state index contributed by atoms with van der Waals surface area (Å²) in [6, 6.07) is 30.0. The minimum Gasteiger partial charge on any atom is -0.292 e. The Morgan fingerprint density at radius 1 is 0.571 bits per heavy atom. The predicted octanol–water partition coefficient (Wildman–Crippen LogP) is 5.06. The normalized spacial score (nSPS) is 10.7. The van der Waals surface area contributed by atoms with Gasteiger partial charge in [-0.3, -0.25) is 4.90 Å². The molecular formula is C19H15N2. The van der Waals surface area contributed by atoms with Crippen LogP contribution >= 0.6 is 0 Å². The summed E-state index contributed by atoms with van der Waals surface area (Å²) < 4.78 is 0. The van der Waals surface area contributed by atoms with E-state index in [4.69, 9.17) is 0 Å². The van der Waals surface area contributed by atoms with E-state index in [2.05, 4.69) is 11.3 Å². The lowest BCUT2D eigenvalue weighted by Crippen LogP contribution is -2.13. The van der Waals surface area contributed by atoms with Crippen LogP contribution in [0.3, 0.4) is 0 Å². The van der Waals surface area contributed by atoms with E-state index >= 15 is 0 Å². The summed E-state index contributed by atoms with van der Waals surface area (Å²) in [5.74, 6) is 0. The van der Waals surface area contributed by atoms with Crippen LogP contribution in [0.2, 0.25) is 0 Å². The predicted molar refractivity (Wildman–Crippen MR) is 88.6 cm³/mol. The lowest BCUT2D eigenvalue weighted by atomic mass is 10.2. The summed E-state index contributed by atoms with van der Waals surface area (Å²) in [4.78, 5) is 6.39. The Bertz CT molecular complexity index is 652. The molecule has 2 nitrogen and oxygen atoms in total. The number of aliphatic imine (C=N–C) groups is 1. The second-order valence-corrected chi connectivity index (χ2v) is 4.55. The third-order valence-corrected chi connectivity index (χ3v) is 3.06. The van der Waals surface area contributed by atoms with Crippen molar-refractivity contribution < 1.29 is 0 Å². The largest absolute Gasteiger partial charge is 0.292 e. The van der Waals surface area contributed by atoms with Crippen LogP contribution in [0.25, 0.3) is 0 Å². The van der Waals surface area contributed by atoms with Crippen molar-refractivity contribution in [1.82, 2.24) is 0 Å². The molecule has 0 bridgehead atoms. The van der Waals surface area contributed by atoms with E-state index in [1.807, 2.05) is 95.9 Å². The zero-order valence-electron chi connectivity index (χ0n) is 11.6. The first kappa shape index (κ1) is 13.1. The van der Waals surface area contributed by atoms with Gasteiger partial charge in [0.2, 0.25) is 0 Å². The van der Waals surface area contributed by atoms with Crippen LogP contribution in [-0.2, 0) is 0 Å². The van der Waals surface area contributed by atoms with Gasteiger partial charge in [0, 0.05) is 11.4 Å². The second kappa shape index (κ2) is 6.53. The summed E-state index contributed by atoms with van der Waals surface area (Å²) in [5.41, 5.74) is 2.95. The zero-order chi connectivity index (χ0) is 14.3. The summed E-state index contributed by atoms with van der Waals surface area (Å²) in [5, 5.41) is 0. The third-order valence-electron chi connectivity index (χ3n) is 3.06. The quantitative estimate of drug-likeness (QED) is 0.368. The maximum atomic E-state index is 4.44. The highest BCUT2D eigenvalue weighted by molar-refractivity contribution is 5.90. The minimum absolute atomic E-state index is 0.884. The molecular weight excluding hydrogens is 256 g/mol. The Labute approximate surface area is 125 Å². The van der Waals surface area contributed by atoms with Crippen LogP contribution < -0.4 is 4.90 Å². The van der Waals surface area contributed by atoms with Gasteiger partial charge in [-0.1, -0.05) is 54.6 Å². The fourth-order valence-electron chi connectivity index (χ4n) is 2.03. The first-order valence-corrected chi connectivity index (χ1v) is 6.85. The van der Waals surface area contributed by atoms with E-state index in [-0.39, 0.29) is 0 Å². The maximum Gasteiger partial charge on any atom is 0.182 e. The molecule has 0 fully saturated rings. The van der Waals surface area contributed by atoms with Gasteiger partial charge in [0.05, 0.1) is 5.69 Å². The Morgan fingerprint density at radius 3 is 1.48 bits per heavy atom. The number of hydrogen-bond donors (Lipinski definition) is 0. The van der Waals surface area contributed by atoms with Crippen molar-refractivity contribution in [2.45, 2.75) is 0 Å². The molecule has 0 amide bonds. The zero-order valence-corrected chi connectivity index (χ0v) is 11.6. The Hall–Kier alpha value is -2.87. The SMILES string of the molecule is [C](=N\c1ccccc1)/N(c1ccccc1)c1ccccc1. The molecule has 21 heavy (non-hydrogen) atoms. The van der Waals surface area contributed by atoms with Crippen molar-refractivity contribution in [1.29, 1.82) is 0 Å². The van der Waals surface area contributed by atoms with Crippen molar-refractivity contribution in [2.75, 3.05) is 4.90 Å². The minimum atomic E-state index is 0.884. The van der Waals surface area contributed by atoms with E-state index < -0.39 is 0 Å². The number of benzene rings is 3. The number of anilines is 2. The molecule has 0 N–H and O–H groups in total. The molecule has 0 aliphatic heterocycles. The average Bonchev–Trinajstić information content (AvgIpc) is 2.58. The molecule has 0 heterocycles. The van der Waals surface area contributed by atoms with E-state index in [0.717, 1.165) is 17.1 Å². The highest BCUT2D eigenvalue weighted by Gasteiger charge is 2.06. The van der Waals surface area contributed by atoms with Crippen LogP contribution in [0.4, 0.5) is 17.1 Å². The molecule has 0 spiro atoms. The molecule has 0 aliphatic rings. The maximum absolute atomic E-state index is 4.44. The monoisotopic (exact) mass is 271 g/mol. The molecule has 3 rings (SSSR count). The molecule has 2 heteroatoms. The van der Waals surface area contributed by atoms with Gasteiger partial charge in [0.1, 0.15) is 0 Å². The van der Waals surface area contributed by atoms with Crippen molar-refractivity contribution in [2.24, 2.45) is 4.99 Å². The molecule has 3 aromatic rings. The molecule has 0 saturated heterocycles. The van der Waals surface area contributed by atoms with Gasteiger partial charge < -0.3 is 0 Å². The van der Waals surface area contributed by atoms with Gasteiger partial charge in [-0.25, -0.2) is 4.99 Å². The smallest absolute Gasteiger partial charge is 0.182 e. The average molecular weight is 271 g/mol. The Morgan fingerprint density at radius 2 is 1.00 bits per heavy atom. The van der Waals surface area contributed by atoms with E-state index in [0.29, 0.717) is 0 Å². The number of para-hydroxylation sites is 3. The van der Waals surface area contributed by atoms with Gasteiger partial charge in [0.25, 0.3) is 0 Å². The van der Waals surface area contributed by atoms with E-state index in [9.17, 15) is 0 Å². The lowest BCUT2D eigenvalue weighted by Gasteiger charge is -2.18. The van der Waals surface area contributed by atoms with Crippen molar-refractivity contribution in [3.8, 4) is 0 Å². The van der Waals surface area contributed by atoms with Gasteiger partial charge in [0.15, 0.2) is 6.34 Å². The number of nitrogens with zero attached hydrogens (tertiary/aromatic N) is 2. The standard InChI is InChI=1S/C19H15N2/c1-4-10-17(11-5-1)20-16-21(18-12-6-2-7-13-18)19-14-8-3-9-15-19/h1-15H. The molecule has 1 radical (unpaired) electrons. The van der Waals surface area contributed by atoms with Gasteiger partial charge in [-0.05, 0) is 36.4 Å². The van der Waals surface area contributed by atoms with Crippen molar-refractivity contribution >= 4 is 23.4 Å². The van der Waals surface area contributed by atoms with Crippen LogP contribution in [0.15, 0.2) is 96.0 Å². The van der Waals surface area contributed by atoms with Gasteiger partial charge in [-0.15, -0.1) is 0 Å². The van der Waals surface area contributed by atoms with E-state index in [1.165, 1.54) is 0 Å². The molecule has 3 aromatic carbocycles. The number of hydrogen-bond acceptors (Lipinski definition) is 1. The Balaban J connectivity index is 1.96. The highest BCUT2D eigenvalue weighted by atomic mass is 15.2. The van der Waals surface area contributed by atoms with Gasteiger partial charge >= 0.3 is 0 Å². The van der Waals surface area contributed by atoms with Crippen LogP contribution in [0.5, 0.6) is 0 Å². The highest BCUT2D eigenvalue weighted by Crippen LogP contribution is 2.23. The van der Waals surface area contributed by atoms with Crippen molar-refractivity contribution in [3.05, 3.63) is 91.0 Å². The molecule has 0 atom stereocenters. The second-order valence-electron chi connectivity index (χ2n) is 4.55. The van der Waals surface area contributed by atoms with Crippen LogP contribution in [-0.4, -0.2) is 6.34 Å². The first-order valence-electron chi connectivity index (χ1n) is 6.85. The molecule has 0 saturated carbocycles. The van der Waals surface area contributed by atoms with Crippen molar-refractivity contribution in [3.63, 3.8) is 0 Å². The fourth-order valence-corrected chi connectivity index (χ4v) is 2.03. The van der Waals surface area contributed by atoms with Crippen LogP contribution in [0.1, 0.15) is 0 Å². The van der Waals surface area contributed by atoms with Gasteiger partial charge in [-0.2, -0.15) is 0 Å². The fraction of sp³-hybridized carbons (Fsp3) is 0.